The van der Waals surface area contributed by atoms with Crippen molar-refractivity contribution in [1.82, 2.24) is 0 Å². The number of ether oxygens (including phenoxy) is 1. The Morgan fingerprint density at radius 3 is 2.73 bits per heavy atom. The van der Waals surface area contributed by atoms with E-state index in [1.165, 1.54) is 0 Å². The van der Waals surface area contributed by atoms with E-state index in [0.717, 1.165) is 11.3 Å². The Labute approximate surface area is 66.2 Å². The Hall–Kier alpha value is -1.49. The van der Waals surface area contributed by atoms with Gasteiger partial charge in [-0.25, -0.2) is 4.85 Å². The largest absolute Gasteiger partial charge is 0.498 e. The molecule has 0 aromatic heterocycles. The first kappa shape index (κ1) is 7.62. The number of rotatable bonds is 1. The molecule has 2 nitrogen and oxygen atoms in total. The molecule has 2 heteroatoms. The van der Waals surface area contributed by atoms with Crippen LogP contribution in [0, 0.1) is 13.5 Å². The molecule has 0 unspecified atom stereocenters. The van der Waals surface area contributed by atoms with E-state index >= 15 is 0 Å². The minimum absolute atomic E-state index is 0.657. The zero-order valence-corrected chi connectivity index (χ0v) is 6.59. The highest BCUT2D eigenvalue weighted by atomic mass is 16.5. The van der Waals surface area contributed by atoms with Crippen molar-refractivity contribution in [2.45, 2.75) is 6.92 Å². The Kier molecular flexibility index (Phi) is 2.12. The number of methoxy groups -OCH3 is 1. The molecule has 0 fully saturated rings. The van der Waals surface area contributed by atoms with E-state index in [9.17, 15) is 0 Å². The van der Waals surface area contributed by atoms with Gasteiger partial charge in [-0.2, -0.15) is 0 Å². The van der Waals surface area contributed by atoms with Crippen LogP contribution in [0.15, 0.2) is 18.2 Å². The molecule has 0 saturated heterocycles. The van der Waals surface area contributed by atoms with Gasteiger partial charge in [0.25, 0.3) is 0 Å². The van der Waals surface area contributed by atoms with Crippen molar-refractivity contribution in [3.05, 3.63) is 35.2 Å². The molecule has 0 saturated carbocycles. The molecule has 1 rings (SSSR count). The summed E-state index contributed by atoms with van der Waals surface area (Å²) in [6.45, 7) is 8.71. The van der Waals surface area contributed by atoms with Gasteiger partial charge in [-0.05, 0) is 18.6 Å². The lowest BCUT2D eigenvalue weighted by Gasteiger charge is -2.03. The quantitative estimate of drug-likeness (QED) is 0.556. The number of hydrogen-bond acceptors (Lipinski definition) is 1. The van der Waals surface area contributed by atoms with Crippen molar-refractivity contribution in [2.24, 2.45) is 0 Å². The lowest BCUT2D eigenvalue weighted by atomic mass is 10.2. The molecule has 0 spiro atoms. The van der Waals surface area contributed by atoms with Gasteiger partial charge in [-0.3, -0.25) is 0 Å². The standard InChI is InChI=1S/C9H9NO/c1-7-8(10-2)5-4-6-9(7)11-3/h4-6H,1,3H3. The van der Waals surface area contributed by atoms with Crippen molar-refractivity contribution in [1.29, 1.82) is 0 Å². The molecule has 56 valence electrons. The van der Waals surface area contributed by atoms with Crippen molar-refractivity contribution in [3.63, 3.8) is 0 Å². The van der Waals surface area contributed by atoms with E-state index in [1.54, 1.807) is 13.2 Å². The van der Waals surface area contributed by atoms with Crippen LogP contribution in [0.1, 0.15) is 5.56 Å². The van der Waals surface area contributed by atoms with Gasteiger partial charge in [-0.15, -0.1) is 0 Å². The van der Waals surface area contributed by atoms with Gasteiger partial charge in [0.05, 0.1) is 13.7 Å². The molecule has 0 N–H and O–H groups in total. The van der Waals surface area contributed by atoms with Crippen LogP contribution in [0.25, 0.3) is 4.85 Å². The second kappa shape index (κ2) is 3.07. The fourth-order valence-electron chi connectivity index (χ4n) is 0.945. The minimum atomic E-state index is 0.657. The predicted molar refractivity (Wildman–Crippen MR) is 44.0 cm³/mol. The molecule has 0 aliphatic carbocycles. The molecule has 0 atom stereocenters. The van der Waals surface area contributed by atoms with Crippen LogP contribution in [0.4, 0.5) is 5.69 Å². The summed E-state index contributed by atoms with van der Waals surface area (Å²) >= 11 is 0. The molecule has 0 heterocycles. The third-order valence-corrected chi connectivity index (χ3v) is 1.60. The zero-order valence-electron chi connectivity index (χ0n) is 6.59. The summed E-state index contributed by atoms with van der Waals surface area (Å²) in [4.78, 5) is 3.35. The minimum Gasteiger partial charge on any atom is -0.498 e. The van der Waals surface area contributed by atoms with Crippen LogP contribution in [-0.4, -0.2) is 7.11 Å². The van der Waals surface area contributed by atoms with Crippen molar-refractivity contribution >= 4 is 5.69 Å². The zero-order chi connectivity index (χ0) is 8.27. The SMILES string of the molecule is [C-]#[N+]c1cccc(OC)c1C. The number of benzene rings is 1. The highest BCUT2D eigenvalue weighted by molar-refractivity contribution is 5.57. The third-order valence-electron chi connectivity index (χ3n) is 1.60. The molecule has 0 radical (unpaired) electrons. The summed E-state index contributed by atoms with van der Waals surface area (Å²) in [6, 6.07) is 5.45. The fraction of sp³-hybridized carbons (Fsp3) is 0.222. The maximum atomic E-state index is 6.83. The van der Waals surface area contributed by atoms with E-state index < -0.39 is 0 Å². The van der Waals surface area contributed by atoms with Crippen LogP contribution in [-0.2, 0) is 0 Å². The molecule has 0 amide bonds. The summed E-state index contributed by atoms with van der Waals surface area (Å²) in [5, 5.41) is 0. The number of nitrogens with zero attached hydrogens (tertiary/aromatic N) is 1. The molecule has 0 aliphatic heterocycles. The van der Waals surface area contributed by atoms with Gasteiger partial charge < -0.3 is 4.74 Å². The summed E-state index contributed by atoms with van der Waals surface area (Å²) in [5.41, 5.74) is 1.56. The van der Waals surface area contributed by atoms with Gasteiger partial charge in [0, 0.05) is 0 Å². The van der Waals surface area contributed by atoms with Gasteiger partial charge >= 0.3 is 0 Å². The van der Waals surface area contributed by atoms with Crippen molar-refractivity contribution in [2.75, 3.05) is 7.11 Å². The average molecular weight is 147 g/mol. The Balaban J connectivity index is 3.23. The molecular formula is C9H9NO. The third kappa shape index (κ3) is 1.32. The Bertz CT molecular complexity index is 299. The van der Waals surface area contributed by atoms with E-state index in [2.05, 4.69) is 4.85 Å². The molecule has 0 bridgehead atoms. The first-order valence-electron chi connectivity index (χ1n) is 3.30. The Morgan fingerprint density at radius 2 is 2.18 bits per heavy atom. The molecule has 11 heavy (non-hydrogen) atoms. The van der Waals surface area contributed by atoms with Crippen LogP contribution < -0.4 is 4.74 Å². The Morgan fingerprint density at radius 1 is 1.45 bits per heavy atom. The predicted octanol–water partition coefficient (Wildman–Crippen LogP) is 2.55. The second-order valence-corrected chi connectivity index (χ2v) is 2.22. The maximum Gasteiger partial charge on any atom is 0.193 e. The van der Waals surface area contributed by atoms with Crippen LogP contribution >= 0.6 is 0 Å². The van der Waals surface area contributed by atoms with Gasteiger partial charge in [0.1, 0.15) is 5.75 Å². The van der Waals surface area contributed by atoms with Crippen LogP contribution in [0.5, 0.6) is 5.75 Å². The normalized spacial score (nSPS) is 8.82. The highest BCUT2D eigenvalue weighted by Crippen LogP contribution is 2.26. The summed E-state index contributed by atoms with van der Waals surface area (Å²) in [5.74, 6) is 0.776. The second-order valence-electron chi connectivity index (χ2n) is 2.22. The smallest absolute Gasteiger partial charge is 0.193 e. The van der Waals surface area contributed by atoms with E-state index in [4.69, 9.17) is 11.3 Å². The fourth-order valence-corrected chi connectivity index (χ4v) is 0.945. The van der Waals surface area contributed by atoms with Crippen LogP contribution in [0.2, 0.25) is 0 Å². The van der Waals surface area contributed by atoms with Crippen molar-refractivity contribution in [3.8, 4) is 5.75 Å². The maximum absolute atomic E-state index is 6.83. The lowest BCUT2D eigenvalue weighted by molar-refractivity contribution is 0.412. The summed E-state index contributed by atoms with van der Waals surface area (Å²) in [6.07, 6.45) is 0. The molecule has 1 aromatic rings. The van der Waals surface area contributed by atoms with Gasteiger partial charge in [-0.1, -0.05) is 12.1 Å². The topological polar surface area (TPSA) is 13.6 Å². The average Bonchev–Trinajstić information content (AvgIpc) is 2.05. The van der Waals surface area contributed by atoms with Crippen molar-refractivity contribution < 1.29 is 4.74 Å². The van der Waals surface area contributed by atoms with E-state index in [-0.39, 0.29) is 0 Å². The van der Waals surface area contributed by atoms with Gasteiger partial charge in [0.2, 0.25) is 0 Å². The molecular weight excluding hydrogens is 138 g/mol. The lowest BCUT2D eigenvalue weighted by Crippen LogP contribution is -1.85. The van der Waals surface area contributed by atoms with Gasteiger partial charge in [0.15, 0.2) is 5.69 Å². The molecule has 1 aromatic carbocycles. The first-order valence-corrected chi connectivity index (χ1v) is 3.30. The summed E-state index contributed by atoms with van der Waals surface area (Å²) in [7, 11) is 1.61. The number of hydrogen-bond donors (Lipinski definition) is 0. The molecule has 0 aliphatic rings. The monoisotopic (exact) mass is 147 g/mol. The highest BCUT2D eigenvalue weighted by Gasteiger charge is 2.01. The first-order chi connectivity index (χ1) is 5.29. The van der Waals surface area contributed by atoms with E-state index in [1.807, 2.05) is 19.1 Å². The summed E-state index contributed by atoms with van der Waals surface area (Å²) < 4.78 is 5.04. The van der Waals surface area contributed by atoms with Crippen LogP contribution in [0.3, 0.4) is 0 Å². The van der Waals surface area contributed by atoms with E-state index in [0.29, 0.717) is 5.69 Å².